The maximum Gasteiger partial charge on any atom is 0.256 e. The van der Waals surface area contributed by atoms with Crippen molar-refractivity contribution in [2.75, 3.05) is 22.1 Å². The molecule has 2 aromatic heterocycles. The number of anilines is 4. The maximum absolute atomic E-state index is 13.6. The number of carbonyl (C=O) groups is 1. The molecule has 5 aromatic rings. The van der Waals surface area contributed by atoms with Crippen LogP contribution in [0.3, 0.4) is 0 Å². The molecule has 3 aromatic carbocycles. The Hall–Kier alpha value is -4.79. The van der Waals surface area contributed by atoms with Crippen LogP contribution in [-0.2, 0) is 29.8 Å². The molecule has 2 heterocycles. The lowest BCUT2D eigenvalue weighted by molar-refractivity contribution is 0.102. The summed E-state index contributed by atoms with van der Waals surface area (Å²) < 4.78 is 49.8. The molecule has 5 rings (SSSR count). The fourth-order valence-electron chi connectivity index (χ4n) is 4.55. The van der Waals surface area contributed by atoms with Crippen LogP contribution in [0.5, 0.6) is 0 Å². The maximum atomic E-state index is 13.6. The summed E-state index contributed by atoms with van der Waals surface area (Å²) in [6, 6.07) is 20.2. The molecular weight excluding hydrogens is 609 g/mol. The van der Waals surface area contributed by atoms with E-state index in [0.29, 0.717) is 44.3 Å². The summed E-state index contributed by atoms with van der Waals surface area (Å²) in [5.41, 5.74) is 9.81. The molecular formula is C30H27F2N7O3S2. The number of aryl methyl sites for hydroxylation is 1. The highest BCUT2D eigenvalue weighted by atomic mass is 32.2. The molecule has 226 valence electrons. The van der Waals surface area contributed by atoms with E-state index in [1.807, 2.05) is 0 Å². The number of halogens is 2. The number of primary sulfonamides is 1. The summed E-state index contributed by atoms with van der Waals surface area (Å²) in [4.78, 5) is 27.2. The largest absolute Gasteiger partial charge is 0.375 e. The van der Waals surface area contributed by atoms with Gasteiger partial charge in [-0.15, -0.1) is 0 Å². The molecule has 14 heteroatoms. The second-order valence-corrected chi connectivity index (χ2v) is 12.5. The second kappa shape index (κ2) is 13.2. The Kier molecular flexibility index (Phi) is 9.23. The van der Waals surface area contributed by atoms with E-state index in [1.54, 1.807) is 60.8 Å². The lowest BCUT2D eigenvalue weighted by Crippen LogP contribution is -2.17. The highest BCUT2D eigenvalue weighted by molar-refractivity contribution is 7.89. The number of amides is 1. The van der Waals surface area contributed by atoms with Crippen molar-refractivity contribution < 1.29 is 22.0 Å². The third kappa shape index (κ3) is 7.40. The molecule has 44 heavy (non-hydrogen) atoms. The summed E-state index contributed by atoms with van der Waals surface area (Å²) in [5.74, 6) is -0.506. The third-order valence-corrected chi connectivity index (χ3v) is 8.22. The van der Waals surface area contributed by atoms with Gasteiger partial charge in [0.15, 0.2) is 5.13 Å². The minimum absolute atomic E-state index is 0.0301. The number of sulfonamides is 1. The van der Waals surface area contributed by atoms with E-state index in [9.17, 15) is 22.0 Å². The minimum Gasteiger partial charge on any atom is -0.375 e. The van der Waals surface area contributed by atoms with E-state index in [1.165, 1.54) is 29.5 Å². The van der Waals surface area contributed by atoms with Crippen molar-refractivity contribution in [3.8, 4) is 21.8 Å². The van der Waals surface area contributed by atoms with E-state index >= 15 is 0 Å². The molecule has 0 saturated heterocycles. The van der Waals surface area contributed by atoms with Gasteiger partial charge in [-0.05, 0) is 53.4 Å². The Morgan fingerprint density at radius 1 is 0.909 bits per heavy atom. The SMILES string of the molecule is Nc1nc(-c2cccc(NC(=O)c3c(CF)cccc3CF)c2)c(-c2ccnc(Nc3cccc(CCS(N)(=O)=O)c3)n2)s1. The van der Waals surface area contributed by atoms with Crippen LogP contribution < -0.4 is 21.5 Å². The number of thiazole rings is 1. The van der Waals surface area contributed by atoms with Gasteiger partial charge in [0.05, 0.1) is 27.6 Å². The molecule has 10 nitrogen and oxygen atoms in total. The number of nitrogen functional groups attached to an aromatic ring is 1. The lowest BCUT2D eigenvalue weighted by atomic mass is 10.0. The zero-order chi connectivity index (χ0) is 31.3. The van der Waals surface area contributed by atoms with Crippen LogP contribution in [0.4, 0.5) is 31.2 Å². The van der Waals surface area contributed by atoms with Crippen molar-refractivity contribution in [1.29, 1.82) is 0 Å². The molecule has 0 aliphatic carbocycles. The van der Waals surface area contributed by atoms with Crippen molar-refractivity contribution in [2.45, 2.75) is 19.8 Å². The Morgan fingerprint density at radius 3 is 2.34 bits per heavy atom. The average Bonchev–Trinajstić information content (AvgIpc) is 3.41. The number of hydrogen-bond acceptors (Lipinski definition) is 9. The smallest absolute Gasteiger partial charge is 0.256 e. The van der Waals surface area contributed by atoms with Gasteiger partial charge in [0.2, 0.25) is 16.0 Å². The summed E-state index contributed by atoms with van der Waals surface area (Å²) in [5, 5.41) is 11.3. The standard InChI is InChI=1S/C30H27F2N7O3S2/c31-16-20-6-2-7-21(17-32)25(20)28(40)36-23-9-3-5-19(15-23)26-27(43-29(33)39-26)24-10-12-35-30(38-24)37-22-8-1-4-18(14-22)11-13-44(34,41)42/h1-10,12,14-15H,11,13,16-17H2,(H2,33,39)(H,36,40)(H2,34,41,42)(H,35,37,38). The van der Waals surface area contributed by atoms with Crippen molar-refractivity contribution in [3.63, 3.8) is 0 Å². The van der Waals surface area contributed by atoms with Crippen LogP contribution in [-0.4, -0.2) is 35.0 Å². The van der Waals surface area contributed by atoms with Gasteiger partial charge in [0, 0.05) is 23.1 Å². The van der Waals surface area contributed by atoms with Crippen molar-refractivity contribution >= 4 is 49.7 Å². The fraction of sp³-hybridized carbons (Fsp3) is 0.133. The van der Waals surface area contributed by atoms with Gasteiger partial charge in [-0.2, -0.15) is 0 Å². The van der Waals surface area contributed by atoms with Crippen LogP contribution in [0.1, 0.15) is 27.0 Å². The number of alkyl halides is 2. The summed E-state index contributed by atoms with van der Waals surface area (Å²) in [7, 11) is -3.59. The number of hydrogen-bond donors (Lipinski definition) is 4. The van der Waals surface area contributed by atoms with E-state index in [4.69, 9.17) is 10.9 Å². The number of aromatic nitrogens is 3. The van der Waals surface area contributed by atoms with Crippen LogP contribution >= 0.6 is 11.3 Å². The Labute approximate surface area is 256 Å². The first-order chi connectivity index (χ1) is 21.1. The van der Waals surface area contributed by atoms with Crippen LogP contribution in [0.15, 0.2) is 79.0 Å². The predicted molar refractivity (Wildman–Crippen MR) is 168 cm³/mol. The zero-order valence-corrected chi connectivity index (χ0v) is 24.8. The van der Waals surface area contributed by atoms with E-state index < -0.39 is 29.3 Å². The topological polar surface area (TPSA) is 166 Å². The quantitative estimate of drug-likeness (QED) is 0.145. The Bertz CT molecular complexity index is 1910. The van der Waals surface area contributed by atoms with E-state index in [0.717, 1.165) is 5.56 Å². The molecule has 0 aliphatic heterocycles. The molecule has 0 saturated carbocycles. The normalized spacial score (nSPS) is 11.3. The first-order valence-electron chi connectivity index (χ1n) is 13.2. The zero-order valence-electron chi connectivity index (χ0n) is 23.1. The van der Waals surface area contributed by atoms with Gasteiger partial charge in [-0.25, -0.2) is 37.3 Å². The van der Waals surface area contributed by atoms with E-state index in [2.05, 4.69) is 25.6 Å². The van der Waals surface area contributed by atoms with Crippen LogP contribution in [0.2, 0.25) is 0 Å². The predicted octanol–water partition coefficient (Wildman–Crippen LogP) is 5.62. The van der Waals surface area contributed by atoms with Crippen molar-refractivity contribution in [1.82, 2.24) is 15.0 Å². The Morgan fingerprint density at radius 2 is 1.61 bits per heavy atom. The molecule has 0 spiro atoms. The summed E-state index contributed by atoms with van der Waals surface area (Å²) >= 11 is 1.22. The number of nitrogens with zero attached hydrogens (tertiary/aromatic N) is 3. The van der Waals surface area contributed by atoms with Crippen LogP contribution in [0.25, 0.3) is 21.8 Å². The molecule has 0 radical (unpaired) electrons. The van der Waals surface area contributed by atoms with Crippen molar-refractivity contribution in [3.05, 3.63) is 101 Å². The summed E-state index contributed by atoms with van der Waals surface area (Å²) in [6.45, 7) is -1.81. The fourth-order valence-corrected chi connectivity index (χ4v) is 5.90. The molecule has 0 aliphatic rings. The van der Waals surface area contributed by atoms with Gasteiger partial charge in [0.1, 0.15) is 13.3 Å². The van der Waals surface area contributed by atoms with Gasteiger partial charge in [-0.3, -0.25) is 4.79 Å². The molecule has 0 fully saturated rings. The van der Waals surface area contributed by atoms with E-state index in [-0.39, 0.29) is 28.9 Å². The van der Waals surface area contributed by atoms with Gasteiger partial charge in [0.25, 0.3) is 5.91 Å². The van der Waals surface area contributed by atoms with Gasteiger partial charge >= 0.3 is 0 Å². The molecule has 0 unspecified atom stereocenters. The highest BCUT2D eigenvalue weighted by Gasteiger charge is 2.19. The third-order valence-electron chi connectivity index (χ3n) is 6.54. The lowest BCUT2D eigenvalue weighted by Gasteiger charge is -2.12. The van der Waals surface area contributed by atoms with Crippen molar-refractivity contribution in [2.24, 2.45) is 5.14 Å². The monoisotopic (exact) mass is 635 g/mol. The first-order valence-corrected chi connectivity index (χ1v) is 15.8. The minimum atomic E-state index is -3.59. The number of carbonyl (C=O) groups excluding carboxylic acids is 1. The van der Waals surface area contributed by atoms with Gasteiger partial charge in [-0.1, -0.05) is 53.8 Å². The Balaban J connectivity index is 1.40. The van der Waals surface area contributed by atoms with Gasteiger partial charge < -0.3 is 16.4 Å². The molecule has 0 bridgehead atoms. The number of nitrogens with one attached hydrogen (secondary N) is 2. The molecule has 6 N–H and O–H groups in total. The summed E-state index contributed by atoms with van der Waals surface area (Å²) in [6.07, 6.45) is 1.84. The highest BCUT2D eigenvalue weighted by Crippen LogP contribution is 2.38. The number of benzene rings is 3. The number of rotatable bonds is 11. The average molecular weight is 636 g/mol. The molecule has 0 atom stereocenters. The van der Waals surface area contributed by atoms with Crippen LogP contribution in [0, 0.1) is 0 Å². The molecule has 1 amide bonds. The number of nitrogens with two attached hydrogens (primary N) is 2. The second-order valence-electron chi connectivity index (χ2n) is 9.69. The first kappa shape index (κ1) is 30.7.